The fraction of sp³-hybridized carbons (Fsp3) is 0.294. The molecule has 4 aromatic rings. The van der Waals surface area contributed by atoms with E-state index in [2.05, 4.69) is 15.7 Å². The Morgan fingerprint density at radius 3 is 2.00 bits per heavy atom. The molecule has 46 heavy (non-hydrogen) atoms. The van der Waals surface area contributed by atoms with Gasteiger partial charge >= 0.3 is 12.3 Å². The highest BCUT2D eigenvalue weighted by molar-refractivity contribution is 5.93. The van der Waals surface area contributed by atoms with E-state index in [-0.39, 0.29) is 31.2 Å². The molecule has 0 saturated carbocycles. The Labute approximate surface area is 264 Å². The number of halogens is 3. The zero-order chi connectivity index (χ0) is 33.1. The van der Waals surface area contributed by atoms with E-state index < -0.39 is 48.3 Å². The maximum Gasteiger partial charge on any atom is 0.435 e. The number of ether oxygens (including phenoxy) is 2. The summed E-state index contributed by atoms with van der Waals surface area (Å²) in [6.07, 6.45) is -5.21. The average Bonchev–Trinajstić information content (AvgIpc) is 3.48. The van der Waals surface area contributed by atoms with Crippen LogP contribution in [0.3, 0.4) is 0 Å². The number of aromatic nitrogens is 2. The van der Waals surface area contributed by atoms with Gasteiger partial charge in [0.2, 0.25) is 11.8 Å². The Bertz CT molecular complexity index is 1580. The number of amides is 2. The summed E-state index contributed by atoms with van der Waals surface area (Å²) < 4.78 is 52.4. The predicted octanol–water partition coefficient (Wildman–Crippen LogP) is 5.91. The van der Waals surface area contributed by atoms with Gasteiger partial charge in [-0.2, -0.15) is 18.3 Å². The first-order chi connectivity index (χ1) is 22.0. The first-order valence-electron chi connectivity index (χ1n) is 14.7. The van der Waals surface area contributed by atoms with Crippen molar-refractivity contribution in [2.24, 2.45) is 5.92 Å². The molecule has 2 N–H and O–H groups in total. The lowest BCUT2D eigenvalue weighted by atomic mass is 10.00. The van der Waals surface area contributed by atoms with Crippen molar-refractivity contribution in [3.63, 3.8) is 0 Å². The molecule has 0 spiro atoms. The molecule has 0 unspecified atom stereocenters. The molecule has 2 amide bonds. The van der Waals surface area contributed by atoms with E-state index >= 15 is 0 Å². The van der Waals surface area contributed by atoms with Crippen molar-refractivity contribution in [2.45, 2.75) is 51.6 Å². The average molecular weight is 637 g/mol. The number of carbonyl (C=O) groups is 3. The van der Waals surface area contributed by atoms with Gasteiger partial charge in [0.1, 0.15) is 12.6 Å². The van der Waals surface area contributed by atoms with Gasteiger partial charge in [-0.3, -0.25) is 9.59 Å². The van der Waals surface area contributed by atoms with E-state index in [1.165, 1.54) is 0 Å². The molecule has 1 heterocycles. The number of carbonyl (C=O) groups excluding carboxylic acids is 3. The summed E-state index contributed by atoms with van der Waals surface area (Å²) in [4.78, 5) is 39.7. The van der Waals surface area contributed by atoms with Crippen LogP contribution in [0.2, 0.25) is 0 Å². The molecule has 12 heteroatoms. The number of nitrogens with one attached hydrogen (secondary N) is 2. The first-order valence-corrected chi connectivity index (χ1v) is 14.7. The third kappa shape index (κ3) is 9.94. The fourth-order valence-electron chi connectivity index (χ4n) is 4.58. The molecule has 242 valence electrons. The third-order valence-corrected chi connectivity index (χ3v) is 6.85. The molecule has 0 aliphatic heterocycles. The molecule has 0 radical (unpaired) electrons. The van der Waals surface area contributed by atoms with Gasteiger partial charge in [0.15, 0.2) is 18.1 Å². The van der Waals surface area contributed by atoms with Crippen molar-refractivity contribution in [3.8, 4) is 11.6 Å². The quantitative estimate of drug-likeness (QED) is 0.178. The van der Waals surface area contributed by atoms with Crippen LogP contribution in [0.5, 0.6) is 5.88 Å². The van der Waals surface area contributed by atoms with Crippen LogP contribution in [-0.2, 0) is 33.5 Å². The molecule has 4 rings (SSSR count). The summed E-state index contributed by atoms with van der Waals surface area (Å²) in [5.41, 5.74) is 0.614. The number of hydrogen-bond acceptors (Lipinski definition) is 6. The Balaban J connectivity index is 1.50. The molecule has 9 nitrogen and oxygen atoms in total. The Hall–Kier alpha value is -5.13. The molecule has 3 aromatic carbocycles. The highest BCUT2D eigenvalue weighted by Gasteiger charge is 2.36. The number of para-hydroxylation sites is 1. The van der Waals surface area contributed by atoms with Crippen LogP contribution in [0, 0.1) is 5.92 Å². The topological polar surface area (TPSA) is 112 Å². The maximum atomic E-state index is 13.5. The molecule has 0 bridgehead atoms. The van der Waals surface area contributed by atoms with Crippen LogP contribution < -0.4 is 15.4 Å². The van der Waals surface area contributed by atoms with Crippen molar-refractivity contribution < 1.29 is 37.0 Å². The molecule has 0 fully saturated rings. The second-order valence-corrected chi connectivity index (χ2v) is 11.0. The maximum absolute atomic E-state index is 13.5. The molecule has 1 aromatic heterocycles. The lowest BCUT2D eigenvalue weighted by Crippen LogP contribution is -2.53. The fourth-order valence-corrected chi connectivity index (χ4v) is 4.58. The number of alkyl halides is 3. The number of nitrogens with zero attached hydrogens (tertiary/aromatic N) is 2. The summed E-state index contributed by atoms with van der Waals surface area (Å²) in [5, 5.41) is 8.95. The van der Waals surface area contributed by atoms with Crippen LogP contribution in [0.15, 0.2) is 97.1 Å². The summed E-state index contributed by atoms with van der Waals surface area (Å²) in [7, 11) is 0. The number of Topliss-reactive ketones (excluding diaryl/α,β-unsaturated/α-hetero) is 1. The number of rotatable bonds is 14. The second kappa shape index (κ2) is 15.7. The number of hydrogen-bond donors (Lipinski definition) is 2. The van der Waals surface area contributed by atoms with Gasteiger partial charge in [-0.25, -0.2) is 9.48 Å². The van der Waals surface area contributed by atoms with Crippen molar-refractivity contribution >= 4 is 17.8 Å². The van der Waals surface area contributed by atoms with Crippen LogP contribution in [0.25, 0.3) is 5.69 Å². The number of ketones is 1. The molecule has 2 atom stereocenters. The van der Waals surface area contributed by atoms with Gasteiger partial charge < -0.3 is 20.1 Å². The van der Waals surface area contributed by atoms with E-state index in [4.69, 9.17) is 9.47 Å². The highest BCUT2D eigenvalue weighted by atomic mass is 19.4. The highest BCUT2D eigenvalue weighted by Crippen LogP contribution is 2.32. The SMILES string of the molecule is CC(C)C[C@H](NC(=O)OCc1ccccc1)C(=O)N[C@@H](Cc1ccccc1)C(=O)COc1cc(C(F)(F)F)nn1-c1ccccc1. The zero-order valence-corrected chi connectivity index (χ0v) is 25.4. The lowest BCUT2D eigenvalue weighted by Gasteiger charge is -2.24. The van der Waals surface area contributed by atoms with Gasteiger partial charge in [0, 0.05) is 6.07 Å². The van der Waals surface area contributed by atoms with E-state index in [0.29, 0.717) is 11.8 Å². The third-order valence-electron chi connectivity index (χ3n) is 6.85. The Kier molecular flexibility index (Phi) is 11.5. The first kappa shape index (κ1) is 33.8. The van der Waals surface area contributed by atoms with Crippen LogP contribution >= 0.6 is 0 Å². The van der Waals surface area contributed by atoms with Crippen molar-refractivity contribution in [3.05, 3.63) is 114 Å². The molecule has 0 aliphatic rings. The standard InChI is InChI=1S/C34H35F3N4O5/c1-23(2)18-28(39-33(44)46-21-25-14-8-4-9-15-25)32(43)38-27(19-24-12-6-3-7-13-24)29(42)22-45-31-20-30(34(35,36)37)40-41(31)26-16-10-5-11-17-26/h3-17,20,23,27-28H,18-19,21-22H2,1-2H3,(H,38,43)(H,39,44)/t27-,28-/m0/s1. The Morgan fingerprint density at radius 1 is 0.826 bits per heavy atom. The van der Waals surface area contributed by atoms with Gasteiger partial charge in [-0.05, 0) is 42.0 Å². The minimum atomic E-state index is -4.74. The smallest absolute Gasteiger partial charge is 0.435 e. The monoisotopic (exact) mass is 636 g/mol. The number of alkyl carbamates (subject to hydrolysis) is 1. The lowest BCUT2D eigenvalue weighted by molar-refractivity contribution is -0.141. The largest absolute Gasteiger partial charge is 0.469 e. The molecular weight excluding hydrogens is 601 g/mol. The van der Waals surface area contributed by atoms with Gasteiger partial charge in [-0.1, -0.05) is 92.7 Å². The van der Waals surface area contributed by atoms with Gasteiger partial charge in [0.25, 0.3) is 0 Å². The summed E-state index contributed by atoms with van der Waals surface area (Å²) >= 11 is 0. The van der Waals surface area contributed by atoms with E-state index in [1.54, 1.807) is 72.8 Å². The van der Waals surface area contributed by atoms with Gasteiger partial charge in [-0.15, -0.1) is 0 Å². The molecule has 0 aliphatic carbocycles. The number of benzene rings is 3. The Morgan fingerprint density at radius 2 is 1.41 bits per heavy atom. The van der Waals surface area contributed by atoms with E-state index in [9.17, 15) is 27.6 Å². The minimum absolute atomic E-state index is 0.00196. The van der Waals surface area contributed by atoms with Crippen LogP contribution in [-0.4, -0.2) is 46.3 Å². The van der Waals surface area contributed by atoms with Crippen molar-refractivity contribution in [1.82, 2.24) is 20.4 Å². The van der Waals surface area contributed by atoms with Crippen LogP contribution in [0.1, 0.15) is 37.1 Å². The normalized spacial score (nSPS) is 12.7. The van der Waals surface area contributed by atoms with Gasteiger partial charge in [0.05, 0.1) is 11.7 Å². The van der Waals surface area contributed by atoms with E-state index in [0.717, 1.165) is 15.8 Å². The summed E-state index contributed by atoms with van der Waals surface area (Å²) in [5.74, 6) is -1.51. The minimum Gasteiger partial charge on any atom is -0.469 e. The molecular formula is C34H35F3N4O5. The van der Waals surface area contributed by atoms with Crippen molar-refractivity contribution in [1.29, 1.82) is 0 Å². The second-order valence-electron chi connectivity index (χ2n) is 11.0. The molecule has 0 saturated heterocycles. The zero-order valence-electron chi connectivity index (χ0n) is 25.4. The summed E-state index contributed by atoms with van der Waals surface area (Å²) in [6.45, 7) is 3.10. The summed E-state index contributed by atoms with van der Waals surface area (Å²) in [6, 6.07) is 24.6. The van der Waals surface area contributed by atoms with Crippen LogP contribution in [0.4, 0.5) is 18.0 Å². The van der Waals surface area contributed by atoms with Crippen molar-refractivity contribution in [2.75, 3.05) is 6.61 Å². The van der Waals surface area contributed by atoms with E-state index in [1.807, 2.05) is 32.0 Å². The predicted molar refractivity (Wildman–Crippen MR) is 164 cm³/mol.